The lowest BCUT2D eigenvalue weighted by Gasteiger charge is -2.06. The van der Waals surface area contributed by atoms with Gasteiger partial charge in [-0.25, -0.2) is 0 Å². The van der Waals surface area contributed by atoms with Crippen molar-refractivity contribution in [3.63, 3.8) is 0 Å². The Bertz CT molecular complexity index is 371. The number of carbonyl (C=O) groups excluding carboxylic acids is 1. The van der Waals surface area contributed by atoms with Crippen molar-refractivity contribution in [1.82, 2.24) is 0 Å². The number of carbonyl (C=O) groups is 1. The van der Waals surface area contributed by atoms with Gasteiger partial charge >= 0.3 is 0 Å². The van der Waals surface area contributed by atoms with Crippen molar-refractivity contribution in [2.24, 2.45) is 0 Å². The van der Waals surface area contributed by atoms with Crippen LogP contribution in [0.4, 0.5) is 5.69 Å². The van der Waals surface area contributed by atoms with Crippen molar-refractivity contribution >= 4 is 11.6 Å². The number of benzene rings is 1. The summed E-state index contributed by atoms with van der Waals surface area (Å²) < 4.78 is 0. The second-order valence-corrected chi connectivity index (χ2v) is 4.13. The topological polar surface area (TPSA) is 29.1 Å². The van der Waals surface area contributed by atoms with Crippen molar-refractivity contribution in [1.29, 1.82) is 0 Å². The molecule has 0 aromatic heterocycles. The van der Waals surface area contributed by atoms with Crippen molar-refractivity contribution in [2.45, 2.75) is 39.0 Å². The van der Waals surface area contributed by atoms with Crippen molar-refractivity contribution in [3.05, 3.63) is 29.3 Å². The first-order valence-electron chi connectivity index (χ1n) is 5.72. The van der Waals surface area contributed by atoms with Gasteiger partial charge < -0.3 is 5.32 Å². The predicted molar refractivity (Wildman–Crippen MR) is 62.0 cm³/mol. The molecule has 1 heterocycles. The van der Waals surface area contributed by atoms with E-state index in [4.69, 9.17) is 0 Å². The molecule has 2 rings (SSSR count). The number of rotatable bonds is 4. The summed E-state index contributed by atoms with van der Waals surface area (Å²) >= 11 is 0. The molecule has 1 aromatic carbocycles. The average Bonchev–Trinajstić information content (AvgIpc) is 2.59. The lowest BCUT2D eigenvalue weighted by molar-refractivity contribution is -0.115. The molecule has 80 valence electrons. The second-order valence-electron chi connectivity index (χ2n) is 4.13. The maximum atomic E-state index is 11.3. The van der Waals surface area contributed by atoms with Crippen LogP contribution in [0.1, 0.15) is 37.3 Å². The lowest BCUT2D eigenvalue weighted by Crippen LogP contribution is -2.03. The van der Waals surface area contributed by atoms with Gasteiger partial charge in [0.05, 0.1) is 6.42 Å². The molecular weight excluding hydrogens is 186 g/mol. The second kappa shape index (κ2) is 4.47. The molecule has 1 aliphatic heterocycles. The SMILES string of the molecule is CCCCCc1cccc2c1CC(=O)N2. The minimum absolute atomic E-state index is 0.132. The third-order valence-corrected chi connectivity index (χ3v) is 2.93. The van der Waals surface area contributed by atoms with E-state index in [1.807, 2.05) is 12.1 Å². The van der Waals surface area contributed by atoms with E-state index in [9.17, 15) is 4.79 Å². The summed E-state index contributed by atoms with van der Waals surface area (Å²) in [7, 11) is 0. The van der Waals surface area contributed by atoms with Crippen LogP contribution in [-0.2, 0) is 17.6 Å². The van der Waals surface area contributed by atoms with E-state index in [1.54, 1.807) is 0 Å². The monoisotopic (exact) mass is 203 g/mol. The number of aryl methyl sites for hydroxylation is 1. The number of nitrogens with one attached hydrogen (secondary N) is 1. The van der Waals surface area contributed by atoms with Gasteiger partial charge in [-0.1, -0.05) is 31.9 Å². The van der Waals surface area contributed by atoms with Gasteiger partial charge in [0.15, 0.2) is 0 Å². The largest absolute Gasteiger partial charge is 0.326 e. The van der Waals surface area contributed by atoms with Crippen LogP contribution in [0.25, 0.3) is 0 Å². The molecule has 1 N–H and O–H groups in total. The lowest BCUT2D eigenvalue weighted by atomic mass is 9.99. The van der Waals surface area contributed by atoms with E-state index < -0.39 is 0 Å². The number of hydrogen-bond acceptors (Lipinski definition) is 1. The molecule has 1 aromatic rings. The van der Waals surface area contributed by atoms with Crippen LogP contribution in [0.2, 0.25) is 0 Å². The summed E-state index contributed by atoms with van der Waals surface area (Å²) in [5.41, 5.74) is 3.59. The fourth-order valence-electron chi connectivity index (χ4n) is 2.12. The number of fused-ring (bicyclic) bond motifs is 1. The summed E-state index contributed by atoms with van der Waals surface area (Å²) in [6, 6.07) is 6.17. The zero-order valence-electron chi connectivity index (χ0n) is 9.18. The molecule has 0 aliphatic carbocycles. The molecule has 1 aliphatic rings. The van der Waals surface area contributed by atoms with Crippen LogP contribution in [0.15, 0.2) is 18.2 Å². The van der Waals surface area contributed by atoms with E-state index in [-0.39, 0.29) is 5.91 Å². The Morgan fingerprint density at radius 2 is 2.20 bits per heavy atom. The minimum atomic E-state index is 0.132. The standard InChI is InChI=1S/C13H17NO/c1-2-3-4-6-10-7-5-8-12-11(10)9-13(15)14-12/h5,7-8H,2-4,6,9H2,1H3,(H,14,15). The summed E-state index contributed by atoms with van der Waals surface area (Å²) in [6.45, 7) is 2.21. The molecule has 0 saturated carbocycles. The summed E-state index contributed by atoms with van der Waals surface area (Å²) in [4.78, 5) is 11.3. The van der Waals surface area contributed by atoms with E-state index >= 15 is 0 Å². The summed E-state index contributed by atoms with van der Waals surface area (Å²) in [6.07, 6.45) is 5.40. The highest BCUT2D eigenvalue weighted by molar-refractivity contribution is 5.99. The molecule has 1 amide bonds. The predicted octanol–water partition coefficient (Wildman–Crippen LogP) is 2.91. The normalized spacial score (nSPS) is 13.8. The highest BCUT2D eigenvalue weighted by Crippen LogP contribution is 2.27. The third-order valence-electron chi connectivity index (χ3n) is 2.93. The Morgan fingerprint density at radius 1 is 1.33 bits per heavy atom. The van der Waals surface area contributed by atoms with E-state index in [1.165, 1.54) is 30.4 Å². The molecule has 0 radical (unpaired) electrons. The molecule has 0 fully saturated rings. The smallest absolute Gasteiger partial charge is 0.228 e. The fraction of sp³-hybridized carbons (Fsp3) is 0.462. The molecular formula is C13H17NO. The zero-order chi connectivity index (χ0) is 10.7. The first-order chi connectivity index (χ1) is 7.31. The van der Waals surface area contributed by atoms with Gasteiger partial charge in [0.2, 0.25) is 5.91 Å². The average molecular weight is 203 g/mol. The van der Waals surface area contributed by atoms with E-state index in [2.05, 4.69) is 18.3 Å². The van der Waals surface area contributed by atoms with Crippen LogP contribution < -0.4 is 5.32 Å². The number of anilines is 1. The summed E-state index contributed by atoms with van der Waals surface area (Å²) in [5, 5.41) is 2.89. The van der Waals surface area contributed by atoms with Gasteiger partial charge in [-0.3, -0.25) is 4.79 Å². The molecule has 0 unspecified atom stereocenters. The Hall–Kier alpha value is -1.31. The van der Waals surface area contributed by atoms with E-state index in [0.29, 0.717) is 6.42 Å². The molecule has 2 nitrogen and oxygen atoms in total. The van der Waals surface area contributed by atoms with E-state index in [0.717, 1.165) is 12.1 Å². The van der Waals surface area contributed by atoms with Crippen molar-refractivity contribution in [3.8, 4) is 0 Å². The summed E-state index contributed by atoms with van der Waals surface area (Å²) in [5.74, 6) is 0.132. The molecule has 0 saturated heterocycles. The van der Waals surface area contributed by atoms with Crippen molar-refractivity contribution in [2.75, 3.05) is 5.32 Å². The van der Waals surface area contributed by atoms with Crippen LogP contribution in [0.3, 0.4) is 0 Å². The Labute approximate surface area is 90.7 Å². The van der Waals surface area contributed by atoms with Gasteiger partial charge in [0.25, 0.3) is 0 Å². The molecule has 0 bridgehead atoms. The first kappa shape index (κ1) is 10.2. The third kappa shape index (κ3) is 2.20. The van der Waals surface area contributed by atoms with Crippen LogP contribution in [0.5, 0.6) is 0 Å². The van der Waals surface area contributed by atoms with Gasteiger partial charge in [0, 0.05) is 5.69 Å². The maximum Gasteiger partial charge on any atom is 0.228 e. The maximum absolute atomic E-state index is 11.3. The quantitative estimate of drug-likeness (QED) is 0.749. The highest BCUT2D eigenvalue weighted by atomic mass is 16.1. The van der Waals surface area contributed by atoms with Gasteiger partial charge in [0.1, 0.15) is 0 Å². The molecule has 15 heavy (non-hydrogen) atoms. The Kier molecular flexibility index (Phi) is 3.05. The van der Waals surface area contributed by atoms with Crippen LogP contribution in [-0.4, -0.2) is 5.91 Å². The van der Waals surface area contributed by atoms with Crippen LogP contribution in [0, 0.1) is 0 Å². The molecule has 0 atom stereocenters. The number of amides is 1. The molecule has 0 spiro atoms. The highest BCUT2D eigenvalue weighted by Gasteiger charge is 2.19. The first-order valence-corrected chi connectivity index (χ1v) is 5.72. The van der Waals surface area contributed by atoms with Gasteiger partial charge in [-0.15, -0.1) is 0 Å². The van der Waals surface area contributed by atoms with Gasteiger partial charge in [-0.2, -0.15) is 0 Å². The van der Waals surface area contributed by atoms with Crippen LogP contribution >= 0.6 is 0 Å². The number of hydrogen-bond donors (Lipinski definition) is 1. The fourth-order valence-corrected chi connectivity index (χ4v) is 2.12. The van der Waals surface area contributed by atoms with Gasteiger partial charge in [-0.05, 0) is 30.0 Å². The minimum Gasteiger partial charge on any atom is -0.326 e. The van der Waals surface area contributed by atoms with Crippen molar-refractivity contribution < 1.29 is 4.79 Å². The Balaban J connectivity index is 2.12. The molecule has 2 heteroatoms. The Morgan fingerprint density at radius 3 is 3.00 bits per heavy atom. The zero-order valence-corrected chi connectivity index (χ0v) is 9.18. The number of unbranched alkanes of at least 4 members (excludes halogenated alkanes) is 2.